The van der Waals surface area contributed by atoms with Gasteiger partial charge in [0.2, 0.25) is 5.82 Å². The number of rotatable bonds is 1. The normalized spacial score (nSPS) is 10.8. The molecule has 0 saturated heterocycles. The maximum absolute atomic E-state index is 9.36. The third kappa shape index (κ3) is 1.64. The fraction of sp³-hybridized carbons (Fsp3) is 0. The molecule has 0 aliphatic carbocycles. The maximum Gasteiger partial charge on any atom is 0.462 e. The zero-order chi connectivity index (χ0) is 11.0. The molecule has 1 N–H and O–H groups in total. The summed E-state index contributed by atoms with van der Waals surface area (Å²) in [5.74, 6) is 1.05. The molecule has 0 unspecified atom stereocenters. The number of fused-ring (bicyclic) bond motifs is 1. The Morgan fingerprint density at radius 2 is 1.88 bits per heavy atom. The topological polar surface area (TPSA) is 46.0 Å². The van der Waals surface area contributed by atoms with Crippen LogP contribution in [0.4, 0.5) is 0 Å². The van der Waals surface area contributed by atoms with E-state index >= 15 is 0 Å². The van der Waals surface area contributed by atoms with E-state index in [0.29, 0.717) is 0 Å². The lowest BCUT2D eigenvalue weighted by atomic mass is 10.1. The predicted molar refractivity (Wildman–Crippen MR) is 66.8 cm³/mol. The van der Waals surface area contributed by atoms with E-state index in [1.807, 2.05) is 24.3 Å². The number of aromatic hydroxyl groups is 1. The summed E-state index contributed by atoms with van der Waals surface area (Å²) >= 11 is 0. The molecule has 0 bridgehead atoms. The van der Waals surface area contributed by atoms with Gasteiger partial charge in [0.1, 0.15) is 5.75 Å². The van der Waals surface area contributed by atoms with Gasteiger partial charge in [0.25, 0.3) is 0 Å². The molecule has 1 heterocycles. The first kappa shape index (κ1) is 9.62. The Morgan fingerprint density at radius 1 is 1.06 bits per heavy atom. The quantitative estimate of drug-likeness (QED) is 0.529. The van der Waals surface area contributed by atoms with Gasteiger partial charge >= 0.3 is 21.1 Å². The predicted octanol–water partition coefficient (Wildman–Crippen LogP) is 3.41. The van der Waals surface area contributed by atoms with Crippen molar-refractivity contribution in [3.63, 3.8) is 0 Å². The number of nitrogens with zero attached hydrogens (tertiary/aromatic N) is 2. The molecule has 0 spiro atoms. The van der Waals surface area contributed by atoms with Crippen molar-refractivity contribution in [3.8, 4) is 17.1 Å². The standard InChI is InChI=1S/C11H6N2OS2/c14-10-4-3-7-5-9(2-1-8(7)6-10)11-12-15-16-13-11/h1-6H/p+1. The summed E-state index contributed by atoms with van der Waals surface area (Å²) < 4.78 is 8.42. The Bertz CT molecular complexity index is 638. The van der Waals surface area contributed by atoms with Crippen molar-refractivity contribution in [3.05, 3.63) is 36.4 Å². The van der Waals surface area contributed by atoms with E-state index in [2.05, 4.69) is 8.75 Å². The lowest BCUT2D eigenvalue weighted by Gasteiger charge is -2.00. The van der Waals surface area contributed by atoms with E-state index < -0.39 is 0 Å². The van der Waals surface area contributed by atoms with Crippen molar-refractivity contribution in [2.45, 2.75) is 0 Å². The molecule has 1 aromatic heterocycles. The molecule has 78 valence electrons. The number of phenolic OH excluding ortho intramolecular Hbond substituents is 1. The average Bonchev–Trinajstić information content (AvgIpc) is 2.82. The van der Waals surface area contributed by atoms with Gasteiger partial charge in [0, 0.05) is 5.56 Å². The molecular weight excluding hydrogens is 240 g/mol. The second kappa shape index (κ2) is 3.77. The summed E-state index contributed by atoms with van der Waals surface area (Å²) in [6.45, 7) is 0. The summed E-state index contributed by atoms with van der Waals surface area (Å²) in [6, 6.07) is 11.3. The van der Waals surface area contributed by atoms with Crippen molar-refractivity contribution in [2.24, 2.45) is 0 Å². The lowest BCUT2D eigenvalue weighted by molar-refractivity contribution is 0.476. The minimum absolute atomic E-state index is 0.286. The largest absolute Gasteiger partial charge is 0.508 e. The molecule has 16 heavy (non-hydrogen) atoms. The van der Waals surface area contributed by atoms with Crippen molar-refractivity contribution in [1.82, 2.24) is 8.75 Å². The summed E-state index contributed by atoms with van der Waals surface area (Å²) in [7, 11) is 2.77. The van der Waals surface area contributed by atoms with Gasteiger partial charge in [-0.15, -0.1) is 4.37 Å². The van der Waals surface area contributed by atoms with E-state index in [0.717, 1.165) is 22.2 Å². The third-order valence-electron chi connectivity index (χ3n) is 2.36. The van der Waals surface area contributed by atoms with Crippen molar-refractivity contribution in [1.29, 1.82) is 0 Å². The molecule has 3 nitrogen and oxygen atoms in total. The third-order valence-corrected chi connectivity index (χ3v) is 3.57. The first-order valence-electron chi connectivity index (χ1n) is 4.68. The van der Waals surface area contributed by atoms with Crippen LogP contribution >= 0.6 is 21.1 Å². The van der Waals surface area contributed by atoms with Crippen LogP contribution < -0.4 is 0 Å². The van der Waals surface area contributed by atoms with Gasteiger partial charge in [-0.05, 0) is 29.0 Å². The maximum atomic E-state index is 9.36. The molecule has 0 atom stereocenters. The highest BCUT2D eigenvalue weighted by atomic mass is 32.9. The van der Waals surface area contributed by atoms with Crippen LogP contribution in [0.5, 0.6) is 5.75 Å². The van der Waals surface area contributed by atoms with Crippen LogP contribution in [0.3, 0.4) is 0 Å². The molecule has 0 radical (unpaired) electrons. The van der Waals surface area contributed by atoms with Crippen LogP contribution in [-0.2, 0) is 0 Å². The molecule has 5 heteroatoms. The van der Waals surface area contributed by atoms with E-state index in [-0.39, 0.29) is 5.75 Å². The molecular formula is C11H7N2OS2+. The zero-order valence-corrected chi connectivity index (χ0v) is 9.76. The Kier molecular flexibility index (Phi) is 2.27. The van der Waals surface area contributed by atoms with Gasteiger partial charge < -0.3 is 5.11 Å². The van der Waals surface area contributed by atoms with E-state index in [4.69, 9.17) is 0 Å². The Hall–Kier alpha value is -1.59. The minimum Gasteiger partial charge on any atom is -0.508 e. The van der Waals surface area contributed by atoms with Crippen molar-refractivity contribution < 1.29 is 5.11 Å². The second-order valence-electron chi connectivity index (χ2n) is 3.40. The molecule has 2 aromatic carbocycles. The highest BCUT2D eigenvalue weighted by Gasteiger charge is 2.09. The first-order valence-corrected chi connectivity index (χ1v) is 6.74. The lowest BCUT2D eigenvalue weighted by Crippen LogP contribution is -1.80. The van der Waals surface area contributed by atoms with Gasteiger partial charge in [-0.25, -0.2) is 0 Å². The molecule has 3 aromatic rings. The van der Waals surface area contributed by atoms with Gasteiger partial charge in [0.15, 0.2) is 0 Å². The molecule has 0 amide bonds. The molecule has 0 aliphatic rings. The number of benzene rings is 2. The Labute approximate surface area is 99.4 Å². The molecule has 0 fully saturated rings. The molecule has 0 aliphatic heterocycles. The summed E-state index contributed by atoms with van der Waals surface area (Å²) in [5.41, 5.74) is 1.01. The number of aromatic nitrogens is 2. The smallest absolute Gasteiger partial charge is 0.462 e. The van der Waals surface area contributed by atoms with Crippen LogP contribution in [0.25, 0.3) is 22.2 Å². The van der Waals surface area contributed by atoms with Gasteiger partial charge in [-0.3, -0.25) is 0 Å². The number of hydrogen-bond acceptors (Lipinski definition) is 4. The van der Waals surface area contributed by atoms with E-state index in [9.17, 15) is 5.11 Å². The van der Waals surface area contributed by atoms with Crippen molar-refractivity contribution in [2.75, 3.05) is 0 Å². The fourth-order valence-electron chi connectivity index (χ4n) is 1.60. The van der Waals surface area contributed by atoms with Crippen LogP contribution in [0.2, 0.25) is 0 Å². The first-order chi connectivity index (χ1) is 7.83. The Morgan fingerprint density at radius 3 is 2.69 bits per heavy atom. The SMILES string of the molecule is Oc1ccc2cc(-c3ns[s+]n3)ccc2c1. The van der Waals surface area contributed by atoms with E-state index in [1.54, 1.807) is 12.1 Å². The van der Waals surface area contributed by atoms with Crippen LogP contribution in [0.1, 0.15) is 0 Å². The molecule has 3 rings (SSSR count). The monoisotopic (exact) mass is 247 g/mol. The zero-order valence-electron chi connectivity index (χ0n) is 8.12. The minimum atomic E-state index is 0.286. The van der Waals surface area contributed by atoms with Crippen LogP contribution in [-0.4, -0.2) is 13.9 Å². The summed E-state index contributed by atoms with van der Waals surface area (Å²) in [4.78, 5) is 0. The highest BCUT2D eigenvalue weighted by Crippen LogP contribution is 2.25. The van der Waals surface area contributed by atoms with Crippen LogP contribution in [0.15, 0.2) is 36.4 Å². The van der Waals surface area contributed by atoms with Gasteiger partial charge in [-0.2, -0.15) is 0 Å². The number of phenols is 1. The number of hydrogen-bond donors (Lipinski definition) is 1. The molecule has 0 saturated carbocycles. The van der Waals surface area contributed by atoms with E-state index in [1.165, 1.54) is 21.1 Å². The van der Waals surface area contributed by atoms with Crippen LogP contribution in [0, 0.1) is 0 Å². The second-order valence-corrected chi connectivity index (χ2v) is 4.96. The van der Waals surface area contributed by atoms with Crippen molar-refractivity contribution >= 4 is 31.8 Å². The van der Waals surface area contributed by atoms with Gasteiger partial charge in [0.05, 0.1) is 4.37 Å². The van der Waals surface area contributed by atoms with Gasteiger partial charge in [-0.1, -0.05) is 18.2 Å². The summed E-state index contributed by atoms with van der Waals surface area (Å²) in [6.07, 6.45) is 0. The Balaban J connectivity index is 2.20. The highest BCUT2D eigenvalue weighted by molar-refractivity contribution is 7.64. The average molecular weight is 247 g/mol. The summed E-state index contributed by atoms with van der Waals surface area (Å²) in [5, 5.41) is 11.5. The fourth-order valence-corrected chi connectivity index (χ4v) is 2.77.